The zero-order valence-electron chi connectivity index (χ0n) is 18.9. The normalized spacial score (nSPS) is 28.2. The van der Waals surface area contributed by atoms with Crippen molar-refractivity contribution in [1.29, 1.82) is 0 Å². The van der Waals surface area contributed by atoms with Crippen LogP contribution in [0.15, 0.2) is 30.6 Å². The second kappa shape index (κ2) is 8.12. The Kier molecular flexibility index (Phi) is 5.11. The maximum atomic E-state index is 6.05. The molecule has 0 aromatic carbocycles. The van der Waals surface area contributed by atoms with Crippen LogP contribution < -0.4 is 4.90 Å². The molecule has 7 nitrogen and oxygen atoms in total. The standard InChI is InChI=1S/C25H31N5O2/c1-16-13-19(16)20-14-22(29-10-12-31-15-17(29)2)28-24-18(20)6-8-26-25(24)21-7-9-27-30(21)23-5-3-4-11-32-23/h6-9,14,16-17,19,23H,3-5,10-13,15H2,1-2H3/t16?,17-,19?,23?/m1/s1. The van der Waals surface area contributed by atoms with Gasteiger partial charge in [-0.3, -0.25) is 4.98 Å². The van der Waals surface area contributed by atoms with Gasteiger partial charge in [-0.15, -0.1) is 0 Å². The second-order valence-electron chi connectivity index (χ2n) is 9.54. The lowest BCUT2D eigenvalue weighted by atomic mass is 10.0. The summed E-state index contributed by atoms with van der Waals surface area (Å²) < 4.78 is 13.7. The first kappa shape index (κ1) is 20.1. The van der Waals surface area contributed by atoms with Gasteiger partial charge in [0.25, 0.3) is 0 Å². The Bertz CT molecular complexity index is 1120. The lowest BCUT2D eigenvalue weighted by Crippen LogP contribution is -2.44. The Hall–Kier alpha value is -2.51. The van der Waals surface area contributed by atoms with Gasteiger partial charge in [0.2, 0.25) is 0 Å². The summed E-state index contributed by atoms with van der Waals surface area (Å²) in [6, 6.07) is 6.81. The van der Waals surface area contributed by atoms with Gasteiger partial charge in [0.05, 0.1) is 24.9 Å². The van der Waals surface area contributed by atoms with Crippen molar-refractivity contribution in [1.82, 2.24) is 19.7 Å². The number of aromatic nitrogens is 4. The maximum Gasteiger partial charge on any atom is 0.150 e. The fraction of sp³-hybridized carbons (Fsp3) is 0.560. The maximum absolute atomic E-state index is 6.05. The van der Waals surface area contributed by atoms with Crippen LogP contribution in [-0.4, -0.2) is 52.2 Å². The average molecular weight is 434 g/mol. The molecule has 3 aliphatic rings. The number of hydrogen-bond acceptors (Lipinski definition) is 6. The van der Waals surface area contributed by atoms with Crippen LogP contribution in [0.25, 0.3) is 22.3 Å². The molecular formula is C25H31N5O2. The van der Waals surface area contributed by atoms with Crippen molar-refractivity contribution < 1.29 is 9.47 Å². The molecule has 2 aliphatic heterocycles. The first-order valence-electron chi connectivity index (χ1n) is 12.0. The van der Waals surface area contributed by atoms with Gasteiger partial charge in [0.15, 0.2) is 6.23 Å². The van der Waals surface area contributed by atoms with E-state index in [9.17, 15) is 0 Å². The predicted octanol–water partition coefficient (Wildman–Crippen LogP) is 4.54. The van der Waals surface area contributed by atoms with Crippen molar-refractivity contribution in [3.8, 4) is 11.4 Å². The fourth-order valence-electron chi connectivity index (χ4n) is 5.28. The highest BCUT2D eigenvalue weighted by molar-refractivity contribution is 5.94. The van der Waals surface area contributed by atoms with Crippen LogP contribution in [0.2, 0.25) is 0 Å². The predicted molar refractivity (Wildman–Crippen MR) is 124 cm³/mol. The molecule has 0 bridgehead atoms. The molecule has 7 heteroatoms. The molecule has 4 atom stereocenters. The van der Waals surface area contributed by atoms with Gasteiger partial charge < -0.3 is 14.4 Å². The number of morpholine rings is 1. The molecule has 0 N–H and O–H groups in total. The van der Waals surface area contributed by atoms with E-state index in [1.54, 1.807) is 0 Å². The fourth-order valence-corrected chi connectivity index (χ4v) is 5.28. The SMILES string of the molecule is CC1CC1c1cc(N2CCOC[C@H]2C)nc2c(-c3ccnn3C3CCCCO3)nccc12. The Morgan fingerprint density at radius 3 is 2.78 bits per heavy atom. The van der Waals surface area contributed by atoms with Crippen molar-refractivity contribution in [2.75, 3.05) is 31.3 Å². The largest absolute Gasteiger partial charge is 0.377 e. The van der Waals surface area contributed by atoms with Crippen LogP contribution in [0.4, 0.5) is 5.82 Å². The van der Waals surface area contributed by atoms with E-state index in [-0.39, 0.29) is 6.23 Å². The third-order valence-corrected chi connectivity index (χ3v) is 7.26. The Labute approximate surface area is 188 Å². The van der Waals surface area contributed by atoms with Crippen LogP contribution in [-0.2, 0) is 9.47 Å². The molecule has 2 saturated heterocycles. The topological polar surface area (TPSA) is 65.3 Å². The smallest absolute Gasteiger partial charge is 0.150 e. The third-order valence-electron chi connectivity index (χ3n) is 7.26. The molecule has 0 amide bonds. The number of pyridine rings is 2. The molecule has 32 heavy (non-hydrogen) atoms. The molecule has 3 unspecified atom stereocenters. The first-order valence-corrected chi connectivity index (χ1v) is 12.0. The van der Waals surface area contributed by atoms with E-state index < -0.39 is 0 Å². The minimum atomic E-state index is -0.0313. The Morgan fingerprint density at radius 1 is 1.09 bits per heavy atom. The molecule has 6 rings (SSSR count). The van der Waals surface area contributed by atoms with Crippen molar-refractivity contribution in [3.05, 3.63) is 36.2 Å². The number of hydrogen-bond donors (Lipinski definition) is 0. The van der Waals surface area contributed by atoms with Gasteiger partial charge in [-0.25, -0.2) is 9.67 Å². The van der Waals surface area contributed by atoms with E-state index >= 15 is 0 Å². The highest BCUT2D eigenvalue weighted by Crippen LogP contribution is 2.50. The Balaban J connectivity index is 1.51. The lowest BCUT2D eigenvalue weighted by molar-refractivity contribution is -0.0383. The summed E-state index contributed by atoms with van der Waals surface area (Å²) in [5.74, 6) is 2.35. The summed E-state index contributed by atoms with van der Waals surface area (Å²) in [4.78, 5) is 12.4. The molecule has 0 spiro atoms. The van der Waals surface area contributed by atoms with Crippen LogP contribution in [0.3, 0.4) is 0 Å². The molecule has 5 heterocycles. The second-order valence-corrected chi connectivity index (χ2v) is 9.54. The number of rotatable bonds is 4. The van der Waals surface area contributed by atoms with E-state index in [1.807, 2.05) is 23.1 Å². The van der Waals surface area contributed by atoms with Gasteiger partial charge in [-0.2, -0.15) is 5.10 Å². The van der Waals surface area contributed by atoms with E-state index in [0.29, 0.717) is 17.9 Å². The molecule has 3 fully saturated rings. The minimum Gasteiger partial charge on any atom is -0.377 e. The van der Waals surface area contributed by atoms with Crippen LogP contribution >= 0.6 is 0 Å². The van der Waals surface area contributed by atoms with Crippen molar-refractivity contribution >= 4 is 16.7 Å². The summed E-state index contributed by atoms with van der Waals surface area (Å²) in [5.41, 5.74) is 4.25. The number of fused-ring (bicyclic) bond motifs is 1. The molecule has 0 radical (unpaired) electrons. The quantitative estimate of drug-likeness (QED) is 0.602. The first-order chi connectivity index (χ1) is 15.7. The summed E-state index contributed by atoms with van der Waals surface area (Å²) in [5, 5.41) is 5.84. The number of anilines is 1. The summed E-state index contributed by atoms with van der Waals surface area (Å²) in [6.07, 6.45) is 8.24. The van der Waals surface area contributed by atoms with Crippen LogP contribution in [0.1, 0.15) is 57.2 Å². The van der Waals surface area contributed by atoms with Gasteiger partial charge in [-0.05, 0) is 68.2 Å². The highest BCUT2D eigenvalue weighted by Gasteiger charge is 2.36. The van der Waals surface area contributed by atoms with E-state index in [2.05, 4.69) is 36.0 Å². The van der Waals surface area contributed by atoms with Crippen molar-refractivity contribution in [2.24, 2.45) is 5.92 Å². The molecule has 3 aromatic heterocycles. The lowest BCUT2D eigenvalue weighted by Gasteiger charge is -2.34. The summed E-state index contributed by atoms with van der Waals surface area (Å²) in [7, 11) is 0. The Morgan fingerprint density at radius 2 is 2.00 bits per heavy atom. The van der Waals surface area contributed by atoms with Gasteiger partial charge in [0, 0.05) is 30.9 Å². The molecule has 3 aromatic rings. The van der Waals surface area contributed by atoms with Gasteiger partial charge in [-0.1, -0.05) is 6.92 Å². The van der Waals surface area contributed by atoms with E-state index in [4.69, 9.17) is 19.4 Å². The number of nitrogens with zero attached hydrogens (tertiary/aromatic N) is 5. The van der Waals surface area contributed by atoms with E-state index in [1.165, 1.54) is 17.4 Å². The van der Waals surface area contributed by atoms with Gasteiger partial charge >= 0.3 is 0 Å². The monoisotopic (exact) mass is 433 g/mol. The molecule has 1 saturated carbocycles. The van der Waals surface area contributed by atoms with Crippen molar-refractivity contribution in [2.45, 2.75) is 57.7 Å². The van der Waals surface area contributed by atoms with E-state index in [0.717, 1.165) is 68.4 Å². The van der Waals surface area contributed by atoms with Crippen LogP contribution in [0.5, 0.6) is 0 Å². The van der Waals surface area contributed by atoms with Gasteiger partial charge in [0.1, 0.15) is 17.0 Å². The van der Waals surface area contributed by atoms with Crippen molar-refractivity contribution in [3.63, 3.8) is 0 Å². The average Bonchev–Trinajstić information content (AvgIpc) is 3.35. The minimum absolute atomic E-state index is 0.0313. The highest BCUT2D eigenvalue weighted by atomic mass is 16.5. The zero-order valence-corrected chi connectivity index (χ0v) is 18.9. The number of ether oxygens (including phenoxy) is 2. The van der Waals surface area contributed by atoms with Crippen LogP contribution in [0, 0.1) is 5.92 Å². The third kappa shape index (κ3) is 3.48. The molecule has 168 valence electrons. The molecular weight excluding hydrogens is 402 g/mol. The summed E-state index contributed by atoms with van der Waals surface area (Å²) in [6.45, 7) is 7.68. The summed E-state index contributed by atoms with van der Waals surface area (Å²) >= 11 is 0. The molecule has 1 aliphatic carbocycles. The zero-order chi connectivity index (χ0) is 21.7.